The topological polar surface area (TPSA) is 81.6 Å². The zero-order valence-electron chi connectivity index (χ0n) is 21.2. The molecule has 37 heavy (non-hydrogen) atoms. The highest BCUT2D eigenvalue weighted by molar-refractivity contribution is 7.80. The number of aliphatic imine (C=N–C) groups is 1. The van der Waals surface area contributed by atoms with Crippen molar-refractivity contribution < 1.29 is 0 Å². The maximum atomic E-state index is 5.67. The number of rotatable bonds is 4. The van der Waals surface area contributed by atoms with Gasteiger partial charge in [0, 0.05) is 48.6 Å². The molecular weight excluding hydrogens is 500 g/mol. The molecule has 0 spiro atoms. The fourth-order valence-electron chi connectivity index (χ4n) is 4.48. The zero-order valence-corrected chi connectivity index (χ0v) is 22.9. The van der Waals surface area contributed by atoms with E-state index in [4.69, 9.17) is 21.6 Å². The van der Waals surface area contributed by atoms with Gasteiger partial charge in [-0.05, 0) is 73.8 Å². The van der Waals surface area contributed by atoms with Crippen LogP contribution in [0.3, 0.4) is 0 Å². The monoisotopic (exact) mass is 530 g/mol. The van der Waals surface area contributed by atoms with Gasteiger partial charge in [-0.2, -0.15) is 9.37 Å². The van der Waals surface area contributed by atoms with Crippen molar-refractivity contribution in [3.05, 3.63) is 71.5 Å². The molecule has 1 aliphatic heterocycles. The van der Waals surface area contributed by atoms with Gasteiger partial charge in [0.25, 0.3) is 0 Å². The van der Waals surface area contributed by atoms with E-state index in [1.54, 1.807) is 11.5 Å². The van der Waals surface area contributed by atoms with E-state index in [1.807, 2.05) is 38.1 Å². The van der Waals surface area contributed by atoms with E-state index in [9.17, 15) is 0 Å². The second-order valence-corrected chi connectivity index (χ2v) is 10.1. The van der Waals surface area contributed by atoms with Crippen LogP contribution in [0.15, 0.2) is 59.6 Å². The number of hydrogen-bond donors (Lipinski definition) is 2. The van der Waals surface area contributed by atoms with E-state index in [0.29, 0.717) is 17.0 Å². The molecule has 0 unspecified atom stereocenters. The molecule has 0 saturated carbocycles. The van der Waals surface area contributed by atoms with Crippen LogP contribution < -0.4 is 15.5 Å². The first kappa shape index (κ1) is 25.0. The minimum absolute atomic E-state index is 0.390. The van der Waals surface area contributed by atoms with Crippen LogP contribution in [0.2, 0.25) is 0 Å². The van der Waals surface area contributed by atoms with Crippen molar-refractivity contribution in [3.8, 4) is 0 Å². The quantitative estimate of drug-likeness (QED) is 0.210. The molecule has 3 heterocycles. The normalized spacial score (nSPS) is 14.2. The Kier molecular flexibility index (Phi) is 7.57. The summed E-state index contributed by atoms with van der Waals surface area (Å²) in [5, 5.41) is 8.25. The van der Waals surface area contributed by atoms with E-state index in [2.05, 4.69) is 67.7 Å². The van der Waals surface area contributed by atoms with Crippen molar-refractivity contribution in [1.82, 2.24) is 19.2 Å². The number of fused-ring (bicyclic) bond motifs is 1. The number of guanidine groups is 1. The number of hydrogen-bond acceptors (Lipinski definition) is 6. The molecule has 2 aromatic carbocycles. The lowest BCUT2D eigenvalue weighted by Crippen LogP contribution is -2.51. The van der Waals surface area contributed by atoms with Crippen LogP contribution in [0.5, 0.6) is 0 Å². The van der Waals surface area contributed by atoms with Gasteiger partial charge in [-0.1, -0.05) is 37.3 Å². The largest absolute Gasteiger partial charge is 0.352 e. The first-order valence-electron chi connectivity index (χ1n) is 12.4. The minimum Gasteiger partial charge on any atom is -0.352 e. The molecule has 2 N–H and O–H groups in total. The molecule has 1 fully saturated rings. The Morgan fingerprint density at radius 2 is 1.68 bits per heavy atom. The number of benzene rings is 2. The maximum absolute atomic E-state index is 5.67. The second-order valence-electron chi connectivity index (χ2n) is 8.95. The summed E-state index contributed by atoms with van der Waals surface area (Å²) in [6.07, 6.45) is 0.907. The van der Waals surface area contributed by atoms with Crippen molar-refractivity contribution in [1.29, 1.82) is 0 Å². The van der Waals surface area contributed by atoms with Crippen LogP contribution in [-0.4, -0.2) is 56.5 Å². The second kappa shape index (κ2) is 11.2. The van der Waals surface area contributed by atoms with Crippen molar-refractivity contribution in [3.63, 3.8) is 0 Å². The van der Waals surface area contributed by atoms with Gasteiger partial charge in [0.1, 0.15) is 5.82 Å². The molecule has 0 aliphatic carbocycles. The lowest BCUT2D eigenvalue weighted by atomic mass is 10.1. The fourth-order valence-corrected chi connectivity index (χ4v) is 5.47. The summed E-state index contributed by atoms with van der Waals surface area (Å²) in [6, 6.07) is 18.5. The molecule has 190 valence electrons. The minimum atomic E-state index is 0.390. The summed E-state index contributed by atoms with van der Waals surface area (Å²) < 4.78 is 5.95. The number of para-hydroxylation sites is 1. The molecule has 1 saturated heterocycles. The molecule has 4 aromatic rings. The van der Waals surface area contributed by atoms with Gasteiger partial charge < -0.3 is 15.1 Å². The van der Waals surface area contributed by atoms with E-state index in [1.165, 1.54) is 15.6 Å². The fraction of sp³-hybridized carbons (Fsp3) is 0.296. The molecule has 0 radical (unpaired) electrons. The number of nitrogens with zero attached hydrogens (tertiary/aromatic N) is 6. The van der Waals surface area contributed by atoms with Gasteiger partial charge in [0.15, 0.2) is 0 Å². The van der Waals surface area contributed by atoms with Crippen LogP contribution in [0.4, 0.5) is 17.5 Å². The van der Waals surface area contributed by atoms with Gasteiger partial charge in [0.05, 0.1) is 4.70 Å². The highest BCUT2D eigenvalue weighted by Gasteiger charge is 2.24. The summed E-state index contributed by atoms with van der Waals surface area (Å²) in [5.41, 5.74) is 3.96. The molecular formula is C27H30N8S2. The number of aromatic nitrogens is 3. The lowest BCUT2D eigenvalue weighted by molar-refractivity contribution is 0.384. The summed E-state index contributed by atoms with van der Waals surface area (Å²) in [5.74, 6) is 2.21. The standard InChI is InChI=1S/C27H30N8S2/c1-4-20-9-5-7-11-22(20)30-27(36)32-26(31-25-28-18(2)17-19(3)29-25)35-15-13-34(14-16-35)24-21-10-6-8-12-23(21)37-33-24/h5-12,17H,4,13-16H2,1-3H3,(H2,28,29,30,31,32,36). The summed E-state index contributed by atoms with van der Waals surface area (Å²) in [6.45, 7) is 9.21. The Hall–Kier alpha value is -3.63. The van der Waals surface area contributed by atoms with Crippen molar-refractivity contribution in [2.45, 2.75) is 27.2 Å². The summed E-state index contributed by atoms with van der Waals surface area (Å²) in [7, 11) is 0. The van der Waals surface area contributed by atoms with Gasteiger partial charge in [-0.15, -0.1) is 0 Å². The first-order chi connectivity index (χ1) is 18.0. The van der Waals surface area contributed by atoms with E-state index in [0.717, 1.165) is 55.5 Å². The van der Waals surface area contributed by atoms with Crippen molar-refractivity contribution >= 4 is 62.4 Å². The number of thiocarbonyl (C=S) groups is 1. The molecule has 10 heteroatoms. The van der Waals surface area contributed by atoms with Crippen LogP contribution in [-0.2, 0) is 6.42 Å². The number of anilines is 3. The molecule has 0 bridgehead atoms. The third-order valence-electron chi connectivity index (χ3n) is 6.29. The molecule has 8 nitrogen and oxygen atoms in total. The smallest absolute Gasteiger partial charge is 0.229 e. The zero-order chi connectivity index (χ0) is 25.8. The molecule has 0 atom stereocenters. The average Bonchev–Trinajstić information content (AvgIpc) is 3.32. The molecule has 1 aliphatic rings. The number of nitrogens with one attached hydrogen (secondary N) is 2. The van der Waals surface area contributed by atoms with Crippen LogP contribution in [0.25, 0.3) is 10.1 Å². The Morgan fingerprint density at radius 3 is 2.43 bits per heavy atom. The average molecular weight is 531 g/mol. The van der Waals surface area contributed by atoms with Gasteiger partial charge in [-0.25, -0.2) is 9.97 Å². The van der Waals surface area contributed by atoms with Gasteiger partial charge in [0.2, 0.25) is 17.0 Å². The van der Waals surface area contributed by atoms with Crippen LogP contribution >= 0.6 is 23.8 Å². The summed E-state index contributed by atoms with van der Waals surface area (Å²) in [4.78, 5) is 18.5. The lowest BCUT2D eigenvalue weighted by Gasteiger charge is -2.36. The van der Waals surface area contributed by atoms with Crippen molar-refractivity contribution in [2.75, 3.05) is 41.7 Å². The third kappa shape index (κ3) is 5.86. The number of aryl methyl sites for hydroxylation is 3. The van der Waals surface area contributed by atoms with E-state index in [-0.39, 0.29) is 0 Å². The van der Waals surface area contributed by atoms with E-state index >= 15 is 0 Å². The van der Waals surface area contributed by atoms with Gasteiger partial charge >= 0.3 is 0 Å². The Balaban J connectivity index is 1.37. The SMILES string of the molecule is CCc1ccccc1NC(=S)/N=C(/Nc1nc(C)cc(C)n1)N1CCN(c2nsc3ccccc23)CC1. The van der Waals surface area contributed by atoms with Crippen molar-refractivity contribution in [2.24, 2.45) is 4.99 Å². The molecule has 2 aromatic heterocycles. The highest BCUT2D eigenvalue weighted by atomic mass is 32.1. The molecule has 0 amide bonds. The predicted octanol–water partition coefficient (Wildman–Crippen LogP) is 5.25. The van der Waals surface area contributed by atoms with Gasteiger partial charge in [-0.3, -0.25) is 5.32 Å². The third-order valence-corrected chi connectivity index (χ3v) is 7.30. The van der Waals surface area contributed by atoms with Crippen LogP contribution in [0.1, 0.15) is 23.9 Å². The highest BCUT2D eigenvalue weighted by Crippen LogP contribution is 2.30. The Bertz CT molecular complexity index is 1420. The predicted molar refractivity (Wildman–Crippen MR) is 158 cm³/mol. The first-order valence-corrected chi connectivity index (χ1v) is 13.6. The molecule has 5 rings (SSSR count). The summed E-state index contributed by atoms with van der Waals surface area (Å²) >= 11 is 7.22. The Labute approximate surface area is 226 Å². The van der Waals surface area contributed by atoms with Crippen LogP contribution in [0, 0.1) is 13.8 Å². The maximum Gasteiger partial charge on any atom is 0.229 e. The number of piperazine rings is 1. The Morgan fingerprint density at radius 1 is 0.973 bits per heavy atom. The van der Waals surface area contributed by atoms with E-state index < -0.39 is 0 Å².